The van der Waals surface area contributed by atoms with E-state index in [4.69, 9.17) is 0 Å². The number of hydrogen-bond donors (Lipinski definition) is 0. The molecule has 0 nitrogen and oxygen atoms in total. The van der Waals surface area contributed by atoms with Gasteiger partial charge in [0.05, 0.1) is 8.07 Å². The van der Waals surface area contributed by atoms with Crippen molar-refractivity contribution in [2.24, 2.45) is 0 Å². The van der Waals surface area contributed by atoms with Gasteiger partial charge >= 0.3 is 0 Å². The molecule has 0 unspecified atom stereocenters. The first-order valence-corrected chi connectivity index (χ1v) is 7.39. The maximum atomic E-state index is 4.20. The topological polar surface area (TPSA) is 0 Å². The Kier molecular flexibility index (Phi) is 2.50. The standard InChI is InChI=1S/C10H15Si/c1-11(2,3)9-10-7-5-4-6-8-10/h4-8H,1,9H2,2-3H3. The van der Waals surface area contributed by atoms with Crippen LogP contribution in [0.5, 0.6) is 0 Å². The molecule has 0 bridgehead atoms. The normalized spacial score (nSPS) is 11.5. The molecule has 0 aliphatic rings. The van der Waals surface area contributed by atoms with Crippen molar-refractivity contribution >= 4 is 8.07 Å². The van der Waals surface area contributed by atoms with Crippen LogP contribution in [-0.4, -0.2) is 8.07 Å². The van der Waals surface area contributed by atoms with Gasteiger partial charge in [-0.25, -0.2) is 0 Å². The van der Waals surface area contributed by atoms with Gasteiger partial charge in [-0.1, -0.05) is 55.5 Å². The fourth-order valence-electron chi connectivity index (χ4n) is 1.15. The van der Waals surface area contributed by atoms with E-state index in [1.54, 1.807) is 0 Å². The second kappa shape index (κ2) is 3.22. The summed E-state index contributed by atoms with van der Waals surface area (Å²) in [6.45, 7) is 8.79. The van der Waals surface area contributed by atoms with E-state index in [2.05, 4.69) is 50.0 Å². The van der Waals surface area contributed by atoms with E-state index < -0.39 is 8.07 Å². The summed E-state index contributed by atoms with van der Waals surface area (Å²) in [5, 5.41) is 0. The predicted molar refractivity (Wildman–Crippen MR) is 53.0 cm³/mol. The summed E-state index contributed by atoms with van der Waals surface area (Å²) in [5.41, 5.74) is 1.43. The van der Waals surface area contributed by atoms with Crippen LogP contribution < -0.4 is 0 Å². The van der Waals surface area contributed by atoms with Gasteiger partial charge in [0.2, 0.25) is 0 Å². The lowest BCUT2D eigenvalue weighted by molar-refractivity contribution is 1.32. The number of rotatable bonds is 2. The van der Waals surface area contributed by atoms with Gasteiger partial charge in [0.1, 0.15) is 0 Å². The average molecular weight is 163 g/mol. The first-order chi connectivity index (χ1) is 5.08. The van der Waals surface area contributed by atoms with Crippen LogP contribution >= 0.6 is 0 Å². The monoisotopic (exact) mass is 163 g/mol. The lowest BCUT2D eigenvalue weighted by Crippen LogP contribution is -2.24. The molecular weight excluding hydrogens is 148 g/mol. The Hall–Kier alpha value is -0.563. The lowest BCUT2D eigenvalue weighted by atomic mass is 10.2. The molecule has 0 saturated heterocycles. The van der Waals surface area contributed by atoms with E-state index in [0.29, 0.717) is 0 Å². The highest BCUT2D eigenvalue weighted by Crippen LogP contribution is 2.09. The second-order valence-electron chi connectivity index (χ2n) is 3.83. The second-order valence-corrected chi connectivity index (χ2v) is 8.51. The smallest absolute Gasteiger partial charge is 0.0515 e. The van der Waals surface area contributed by atoms with Crippen molar-refractivity contribution in [3.8, 4) is 0 Å². The van der Waals surface area contributed by atoms with E-state index >= 15 is 0 Å². The molecule has 0 atom stereocenters. The fourth-order valence-corrected chi connectivity index (χ4v) is 2.49. The summed E-state index contributed by atoms with van der Waals surface area (Å²) < 4.78 is 0. The quantitative estimate of drug-likeness (QED) is 0.588. The van der Waals surface area contributed by atoms with Crippen LogP contribution in [0.1, 0.15) is 5.56 Å². The van der Waals surface area contributed by atoms with Crippen LogP contribution in [0.4, 0.5) is 0 Å². The molecule has 0 aliphatic heterocycles. The van der Waals surface area contributed by atoms with Gasteiger partial charge in [-0.15, -0.1) is 0 Å². The van der Waals surface area contributed by atoms with E-state index in [9.17, 15) is 0 Å². The number of benzene rings is 1. The highest BCUT2D eigenvalue weighted by atomic mass is 28.3. The summed E-state index contributed by atoms with van der Waals surface area (Å²) in [4.78, 5) is 0. The molecular formula is C10H15Si. The van der Waals surface area contributed by atoms with Crippen molar-refractivity contribution in [2.75, 3.05) is 0 Å². The van der Waals surface area contributed by atoms with E-state index in [0.717, 1.165) is 0 Å². The highest BCUT2D eigenvalue weighted by molar-refractivity contribution is 6.78. The molecule has 0 spiro atoms. The Labute approximate surface area is 70.3 Å². The van der Waals surface area contributed by atoms with Gasteiger partial charge in [-0.05, 0) is 6.04 Å². The first kappa shape index (κ1) is 8.53. The minimum absolute atomic E-state index is 1.15. The molecule has 0 N–H and O–H groups in total. The molecule has 1 rings (SSSR count). The maximum Gasteiger partial charge on any atom is 0.0515 e. The van der Waals surface area contributed by atoms with Crippen molar-refractivity contribution < 1.29 is 0 Å². The molecule has 0 fully saturated rings. The highest BCUT2D eigenvalue weighted by Gasteiger charge is 2.12. The third-order valence-corrected chi connectivity index (χ3v) is 2.89. The maximum absolute atomic E-state index is 4.20. The molecule has 0 amide bonds. The molecule has 1 heteroatoms. The first-order valence-electron chi connectivity index (χ1n) is 3.97. The van der Waals surface area contributed by atoms with Crippen molar-refractivity contribution in [3.05, 3.63) is 42.4 Å². The van der Waals surface area contributed by atoms with Crippen LogP contribution in [0.3, 0.4) is 0 Å². The average Bonchev–Trinajstić information content (AvgIpc) is 1.85. The molecule has 0 aromatic heterocycles. The predicted octanol–water partition coefficient (Wildman–Crippen LogP) is 2.85. The molecule has 0 aliphatic carbocycles. The molecule has 59 valence electrons. The Morgan fingerprint density at radius 3 is 2.18 bits per heavy atom. The summed E-state index contributed by atoms with van der Waals surface area (Å²) in [5.74, 6) is 0. The molecule has 0 heterocycles. The molecule has 1 aromatic rings. The van der Waals surface area contributed by atoms with Crippen molar-refractivity contribution in [1.29, 1.82) is 0 Å². The Morgan fingerprint density at radius 2 is 1.73 bits per heavy atom. The third kappa shape index (κ3) is 3.37. The van der Waals surface area contributed by atoms with Crippen LogP contribution in [0, 0.1) is 6.55 Å². The summed E-state index contributed by atoms with van der Waals surface area (Å²) in [6.07, 6.45) is 0. The minimum atomic E-state index is -1.15. The van der Waals surface area contributed by atoms with Crippen molar-refractivity contribution in [2.45, 2.75) is 19.1 Å². The van der Waals surface area contributed by atoms with Crippen molar-refractivity contribution in [3.63, 3.8) is 0 Å². The summed E-state index contributed by atoms with van der Waals surface area (Å²) in [7, 11) is -1.15. The Morgan fingerprint density at radius 1 is 1.18 bits per heavy atom. The molecule has 11 heavy (non-hydrogen) atoms. The number of hydrogen-bond acceptors (Lipinski definition) is 0. The van der Waals surface area contributed by atoms with Crippen LogP contribution in [-0.2, 0) is 6.04 Å². The van der Waals surface area contributed by atoms with Crippen molar-refractivity contribution in [1.82, 2.24) is 0 Å². The molecule has 1 aromatic carbocycles. The molecule has 1 radical (unpaired) electrons. The van der Waals surface area contributed by atoms with E-state index in [1.807, 2.05) is 0 Å². The zero-order valence-electron chi connectivity index (χ0n) is 7.30. The Bertz CT molecular complexity index is 208. The summed E-state index contributed by atoms with van der Waals surface area (Å²) in [6, 6.07) is 11.8. The van der Waals surface area contributed by atoms with Crippen LogP contribution in [0.25, 0.3) is 0 Å². The van der Waals surface area contributed by atoms with Gasteiger partial charge in [0.15, 0.2) is 0 Å². The van der Waals surface area contributed by atoms with Crippen LogP contribution in [0.15, 0.2) is 30.3 Å². The molecule has 0 saturated carbocycles. The van der Waals surface area contributed by atoms with Gasteiger partial charge < -0.3 is 0 Å². The Balaban J connectivity index is 2.66. The van der Waals surface area contributed by atoms with Gasteiger partial charge in [0, 0.05) is 0 Å². The van der Waals surface area contributed by atoms with Gasteiger partial charge in [-0.3, -0.25) is 0 Å². The largest absolute Gasteiger partial charge is 0.0691 e. The fraction of sp³-hybridized carbons (Fsp3) is 0.300. The van der Waals surface area contributed by atoms with E-state index in [-0.39, 0.29) is 0 Å². The van der Waals surface area contributed by atoms with Gasteiger partial charge in [-0.2, -0.15) is 0 Å². The summed E-state index contributed by atoms with van der Waals surface area (Å²) >= 11 is 0. The van der Waals surface area contributed by atoms with Gasteiger partial charge in [0.25, 0.3) is 0 Å². The zero-order chi connectivity index (χ0) is 8.32. The SMILES string of the molecule is [CH2][Si](C)(C)Cc1ccccc1. The lowest BCUT2D eigenvalue weighted by Gasteiger charge is -2.14. The third-order valence-electron chi connectivity index (χ3n) is 1.53. The van der Waals surface area contributed by atoms with E-state index in [1.165, 1.54) is 11.6 Å². The minimum Gasteiger partial charge on any atom is -0.0691 e. The van der Waals surface area contributed by atoms with Crippen LogP contribution in [0.2, 0.25) is 13.1 Å². The zero-order valence-corrected chi connectivity index (χ0v) is 8.30.